The maximum absolute atomic E-state index is 5.81. The van der Waals surface area contributed by atoms with E-state index in [1.165, 1.54) is 32.1 Å². The van der Waals surface area contributed by atoms with Gasteiger partial charge in [0.15, 0.2) is 0 Å². The molecule has 1 aromatic carbocycles. The zero-order valence-electron chi connectivity index (χ0n) is 20.8. The molecule has 2 heterocycles. The molecule has 186 valence electrons. The Kier molecular flexibility index (Phi) is 8.18. The first-order chi connectivity index (χ1) is 16.7. The second-order valence-electron chi connectivity index (χ2n) is 8.48. The van der Waals surface area contributed by atoms with Crippen LogP contribution in [0.15, 0.2) is 17.5 Å². The minimum Gasteiger partial charge on any atom is -0.496 e. The average Bonchev–Trinajstić information content (AvgIpc) is 3.44. The summed E-state index contributed by atoms with van der Waals surface area (Å²) < 4.78 is 30.1. The molecule has 0 saturated heterocycles. The molecule has 0 aliphatic heterocycles. The smallest absolute Gasteiger partial charge is 0.258 e. The number of methoxy groups -OCH3 is 5. The maximum Gasteiger partial charge on any atom is 0.258 e. The number of aromatic nitrogens is 2. The SMILES string of the molecule is COCCN(c1c(OC)nn2c(-c3c(OC)cc(COC)cc3OC)csc12)C1CCCCC1. The van der Waals surface area contributed by atoms with Gasteiger partial charge in [-0.25, -0.2) is 4.52 Å². The molecule has 4 rings (SSSR count). The summed E-state index contributed by atoms with van der Waals surface area (Å²) in [5.41, 5.74) is 3.77. The van der Waals surface area contributed by atoms with Gasteiger partial charge in [0.05, 0.1) is 45.8 Å². The van der Waals surface area contributed by atoms with Gasteiger partial charge in [-0.2, -0.15) is 0 Å². The Hall–Kier alpha value is -2.49. The van der Waals surface area contributed by atoms with Crippen LogP contribution in [0, 0.1) is 0 Å². The van der Waals surface area contributed by atoms with E-state index in [0.717, 1.165) is 33.9 Å². The van der Waals surface area contributed by atoms with E-state index in [1.54, 1.807) is 46.9 Å². The fourth-order valence-corrected chi connectivity index (χ4v) is 5.88. The first-order valence-electron chi connectivity index (χ1n) is 11.7. The van der Waals surface area contributed by atoms with Crippen molar-refractivity contribution in [3.05, 3.63) is 23.1 Å². The molecule has 0 spiro atoms. The molecular formula is C25H35N3O5S. The largest absolute Gasteiger partial charge is 0.496 e. The number of hydrogen-bond donors (Lipinski definition) is 0. The van der Waals surface area contributed by atoms with Crippen LogP contribution in [-0.2, 0) is 16.1 Å². The van der Waals surface area contributed by atoms with E-state index in [9.17, 15) is 0 Å². The minimum absolute atomic E-state index is 0.453. The number of anilines is 1. The van der Waals surface area contributed by atoms with Crippen LogP contribution in [0.25, 0.3) is 16.1 Å². The van der Waals surface area contributed by atoms with E-state index in [-0.39, 0.29) is 0 Å². The zero-order valence-corrected chi connectivity index (χ0v) is 21.6. The third-order valence-corrected chi connectivity index (χ3v) is 7.39. The van der Waals surface area contributed by atoms with Gasteiger partial charge in [-0.1, -0.05) is 19.3 Å². The Balaban J connectivity index is 1.85. The number of hydrogen-bond acceptors (Lipinski definition) is 8. The highest BCUT2D eigenvalue weighted by molar-refractivity contribution is 7.16. The molecule has 1 aliphatic carbocycles. The molecular weight excluding hydrogens is 454 g/mol. The first kappa shape index (κ1) is 24.6. The van der Waals surface area contributed by atoms with Crippen LogP contribution in [0.1, 0.15) is 37.7 Å². The molecule has 34 heavy (non-hydrogen) atoms. The molecule has 9 heteroatoms. The second kappa shape index (κ2) is 11.3. The highest BCUT2D eigenvalue weighted by atomic mass is 32.1. The van der Waals surface area contributed by atoms with Gasteiger partial charge >= 0.3 is 0 Å². The van der Waals surface area contributed by atoms with E-state index in [1.807, 2.05) is 16.6 Å². The van der Waals surface area contributed by atoms with E-state index < -0.39 is 0 Å². The van der Waals surface area contributed by atoms with Crippen molar-refractivity contribution in [2.75, 3.05) is 53.6 Å². The van der Waals surface area contributed by atoms with Crippen LogP contribution in [0.2, 0.25) is 0 Å². The molecule has 0 amide bonds. The van der Waals surface area contributed by atoms with Crippen molar-refractivity contribution in [3.8, 4) is 28.6 Å². The number of benzene rings is 1. The predicted molar refractivity (Wildman–Crippen MR) is 135 cm³/mol. The summed E-state index contributed by atoms with van der Waals surface area (Å²) >= 11 is 1.65. The molecule has 0 atom stereocenters. The number of thiazole rings is 1. The van der Waals surface area contributed by atoms with Crippen LogP contribution in [0.5, 0.6) is 17.4 Å². The average molecular weight is 490 g/mol. The number of fused-ring (bicyclic) bond motifs is 1. The third-order valence-electron chi connectivity index (χ3n) is 6.46. The maximum atomic E-state index is 5.81. The number of rotatable bonds is 11. The van der Waals surface area contributed by atoms with Gasteiger partial charge in [-0.3, -0.25) is 0 Å². The van der Waals surface area contributed by atoms with E-state index in [4.69, 9.17) is 28.8 Å². The molecule has 2 aromatic heterocycles. The van der Waals surface area contributed by atoms with Crippen molar-refractivity contribution in [3.63, 3.8) is 0 Å². The Morgan fingerprint density at radius 2 is 1.68 bits per heavy atom. The first-order valence-corrected chi connectivity index (χ1v) is 12.6. The third kappa shape index (κ3) is 4.69. The molecule has 0 bridgehead atoms. The van der Waals surface area contributed by atoms with Gasteiger partial charge in [-0.05, 0) is 30.5 Å². The van der Waals surface area contributed by atoms with Crippen LogP contribution < -0.4 is 19.1 Å². The fourth-order valence-electron chi connectivity index (χ4n) is 4.88. The lowest BCUT2D eigenvalue weighted by Gasteiger charge is -2.35. The van der Waals surface area contributed by atoms with Gasteiger partial charge in [0.1, 0.15) is 22.0 Å². The fraction of sp³-hybridized carbons (Fsp3) is 0.560. The van der Waals surface area contributed by atoms with E-state index in [0.29, 0.717) is 36.6 Å². The molecule has 0 N–H and O–H groups in total. The standard InChI is InChI=1S/C25H35N3O5S/c1-29-12-11-27(18-9-7-6-8-10-18)23-24(33-5)26-28-19(16-34-25(23)28)22-20(31-3)13-17(15-30-2)14-21(22)32-4/h13-14,16,18H,6-12,15H2,1-5H3. The second-order valence-corrected chi connectivity index (χ2v) is 9.34. The topological polar surface area (TPSA) is 66.7 Å². The molecule has 1 fully saturated rings. The molecule has 8 nitrogen and oxygen atoms in total. The van der Waals surface area contributed by atoms with Crippen LogP contribution in [0.3, 0.4) is 0 Å². The van der Waals surface area contributed by atoms with Crippen molar-refractivity contribution in [1.29, 1.82) is 0 Å². The predicted octanol–water partition coefficient (Wildman–Crippen LogP) is 5.02. The summed E-state index contributed by atoms with van der Waals surface area (Å²) in [4.78, 5) is 3.49. The molecule has 1 aliphatic rings. The van der Waals surface area contributed by atoms with Crippen LogP contribution in [0.4, 0.5) is 5.69 Å². The summed E-state index contributed by atoms with van der Waals surface area (Å²) in [5, 5.41) is 7.00. The van der Waals surface area contributed by atoms with Crippen molar-refractivity contribution in [1.82, 2.24) is 9.61 Å². The van der Waals surface area contributed by atoms with Crippen molar-refractivity contribution < 1.29 is 23.7 Å². The Labute approximate surface area is 205 Å². The summed E-state index contributed by atoms with van der Waals surface area (Å²) in [6.07, 6.45) is 6.14. The number of ether oxygens (including phenoxy) is 5. The van der Waals surface area contributed by atoms with Crippen molar-refractivity contribution in [2.24, 2.45) is 0 Å². The lowest BCUT2D eigenvalue weighted by atomic mass is 9.94. The monoisotopic (exact) mass is 489 g/mol. The summed E-state index contributed by atoms with van der Waals surface area (Å²) in [5.74, 6) is 2.06. The summed E-state index contributed by atoms with van der Waals surface area (Å²) in [6, 6.07) is 4.42. The molecule has 0 unspecified atom stereocenters. The zero-order chi connectivity index (χ0) is 24.1. The highest BCUT2D eigenvalue weighted by Gasteiger charge is 2.30. The van der Waals surface area contributed by atoms with Gasteiger partial charge in [0, 0.05) is 32.2 Å². The molecule has 3 aromatic rings. The Bertz CT molecular complexity index is 1060. The Morgan fingerprint density at radius 3 is 2.26 bits per heavy atom. The van der Waals surface area contributed by atoms with Crippen LogP contribution >= 0.6 is 11.3 Å². The van der Waals surface area contributed by atoms with Gasteiger partial charge in [-0.15, -0.1) is 16.4 Å². The van der Waals surface area contributed by atoms with Gasteiger partial charge in [0.25, 0.3) is 5.88 Å². The molecule has 0 radical (unpaired) electrons. The Morgan fingerprint density at radius 1 is 0.971 bits per heavy atom. The van der Waals surface area contributed by atoms with E-state index >= 15 is 0 Å². The summed E-state index contributed by atoms with van der Waals surface area (Å²) in [6.45, 7) is 1.92. The summed E-state index contributed by atoms with van der Waals surface area (Å²) in [7, 11) is 8.45. The van der Waals surface area contributed by atoms with Crippen LogP contribution in [-0.4, -0.2) is 64.4 Å². The molecule has 1 saturated carbocycles. The lowest BCUT2D eigenvalue weighted by molar-refractivity contribution is 0.184. The number of nitrogens with zero attached hydrogens (tertiary/aromatic N) is 3. The lowest BCUT2D eigenvalue weighted by Crippen LogP contribution is -2.39. The van der Waals surface area contributed by atoms with Crippen molar-refractivity contribution >= 4 is 21.9 Å². The minimum atomic E-state index is 0.453. The normalized spacial score (nSPS) is 14.5. The van der Waals surface area contributed by atoms with E-state index in [2.05, 4.69) is 10.3 Å². The highest BCUT2D eigenvalue weighted by Crippen LogP contribution is 2.46. The van der Waals surface area contributed by atoms with Gasteiger partial charge in [0.2, 0.25) is 0 Å². The van der Waals surface area contributed by atoms with Crippen molar-refractivity contribution in [2.45, 2.75) is 44.8 Å². The van der Waals surface area contributed by atoms with Gasteiger partial charge < -0.3 is 28.6 Å². The quantitative estimate of drug-likeness (QED) is 0.375.